The molecule has 0 aromatic carbocycles. The second-order valence-electron chi connectivity index (χ2n) is 5.72. The predicted octanol–water partition coefficient (Wildman–Crippen LogP) is 3.06. The molecule has 2 rings (SSSR count). The highest BCUT2D eigenvalue weighted by molar-refractivity contribution is 7.07. The van der Waals surface area contributed by atoms with Crippen molar-refractivity contribution in [2.24, 2.45) is 0 Å². The summed E-state index contributed by atoms with van der Waals surface area (Å²) in [6.07, 6.45) is 6.56. The van der Waals surface area contributed by atoms with Gasteiger partial charge in [-0.3, -0.25) is 4.79 Å². The molecule has 3 nitrogen and oxygen atoms in total. The number of hydrogen-bond acceptors (Lipinski definition) is 3. The minimum Gasteiger partial charge on any atom is -0.356 e. The number of rotatable bonds is 7. The number of piperidine rings is 1. The third kappa shape index (κ3) is 5.25. The van der Waals surface area contributed by atoms with Gasteiger partial charge in [0.15, 0.2) is 0 Å². The van der Waals surface area contributed by atoms with Crippen LogP contribution in [-0.4, -0.2) is 36.5 Å². The highest BCUT2D eigenvalue weighted by Gasteiger charge is 2.17. The SMILES string of the molecule is CC1CCCCN1CCCNC(=O)CCc1ccsc1. The number of thiophene rings is 1. The van der Waals surface area contributed by atoms with Crippen molar-refractivity contribution in [1.82, 2.24) is 10.2 Å². The van der Waals surface area contributed by atoms with Crippen molar-refractivity contribution in [2.45, 2.75) is 51.5 Å². The van der Waals surface area contributed by atoms with Gasteiger partial charge >= 0.3 is 0 Å². The highest BCUT2D eigenvalue weighted by Crippen LogP contribution is 2.16. The maximum Gasteiger partial charge on any atom is 0.220 e. The van der Waals surface area contributed by atoms with E-state index in [1.807, 2.05) is 0 Å². The van der Waals surface area contributed by atoms with Crippen molar-refractivity contribution in [2.75, 3.05) is 19.6 Å². The number of hydrogen-bond donors (Lipinski definition) is 1. The number of carbonyl (C=O) groups excluding carboxylic acids is 1. The van der Waals surface area contributed by atoms with Gasteiger partial charge in [0.25, 0.3) is 0 Å². The van der Waals surface area contributed by atoms with E-state index in [2.05, 4.69) is 34.0 Å². The molecule has 4 heteroatoms. The topological polar surface area (TPSA) is 32.3 Å². The Morgan fingerprint density at radius 2 is 2.40 bits per heavy atom. The molecule has 1 N–H and O–H groups in total. The summed E-state index contributed by atoms with van der Waals surface area (Å²) in [6.45, 7) is 5.48. The molecule has 1 atom stereocenters. The number of nitrogens with zero attached hydrogens (tertiary/aromatic N) is 1. The average molecular weight is 294 g/mol. The summed E-state index contributed by atoms with van der Waals surface area (Å²) in [5.41, 5.74) is 1.27. The third-order valence-corrected chi connectivity index (χ3v) is 4.84. The largest absolute Gasteiger partial charge is 0.356 e. The summed E-state index contributed by atoms with van der Waals surface area (Å²) in [6, 6.07) is 2.81. The monoisotopic (exact) mass is 294 g/mol. The summed E-state index contributed by atoms with van der Waals surface area (Å²) in [4.78, 5) is 14.3. The number of nitrogens with one attached hydrogen (secondary N) is 1. The molecule has 0 bridgehead atoms. The zero-order chi connectivity index (χ0) is 14.2. The molecule has 0 radical (unpaired) electrons. The molecule has 1 amide bonds. The first-order chi connectivity index (χ1) is 9.75. The number of amides is 1. The second-order valence-corrected chi connectivity index (χ2v) is 6.50. The molecule has 1 aliphatic rings. The Labute approximate surface area is 126 Å². The van der Waals surface area contributed by atoms with Crippen LogP contribution in [0.1, 0.15) is 44.6 Å². The minimum atomic E-state index is 0.183. The summed E-state index contributed by atoms with van der Waals surface area (Å²) in [7, 11) is 0. The van der Waals surface area contributed by atoms with E-state index in [4.69, 9.17) is 0 Å². The molecule has 1 aromatic heterocycles. The normalized spacial score (nSPS) is 19.9. The summed E-state index contributed by atoms with van der Waals surface area (Å²) < 4.78 is 0. The smallest absolute Gasteiger partial charge is 0.220 e. The second kappa shape index (κ2) is 8.42. The van der Waals surface area contributed by atoms with E-state index < -0.39 is 0 Å². The van der Waals surface area contributed by atoms with Crippen molar-refractivity contribution in [1.29, 1.82) is 0 Å². The quantitative estimate of drug-likeness (QED) is 0.784. The first kappa shape index (κ1) is 15.5. The Hall–Kier alpha value is -0.870. The van der Waals surface area contributed by atoms with E-state index in [0.29, 0.717) is 6.42 Å². The van der Waals surface area contributed by atoms with E-state index in [0.717, 1.165) is 32.0 Å². The van der Waals surface area contributed by atoms with Gasteiger partial charge in [-0.25, -0.2) is 0 Å². The van der Waals surface area contributed by atoms with Crippen molar-refractivity contribution >= 4 is 17.2 Å². The van der Waals surface area contributed by atoms with Crippen LogP contribution in [0.15, 0.2) is 16.8 Å². The first-order valence-electron chi connectivity index (χ1n) is 7.77. The van der Waals surface area contributed by atoms with Crippen LogP contribution in [0.25, 0.3) is 0 Å². The van der Waals surface area contributed by atoms with Crippen LogP contribution < -0.4 is 5.32 Å². The summed E-state index contributed by atoms with van der Waals surface area (Å²) >= 11 is 1.69. The molecule has 1 fully saturated rings. The fraction of sp³-hybridized carbons (Fsp3) is 0.688. The Balaban J connectivity index is 1.53. The van der Waals surface area contributed by atoms with E-state index in [1.165, 1.54) is 31.4 Å². The van der Waals surface area contributed by atoms with Crippen LogP contribution in [0.3, 0.4) is 0 Å². The van der Waals surface area contributed by atoms with Gasteiger partial charge < -0.3 is 10.2 Å². The molecule has 1 saturated heterocycles. The maximum absolute atomic E-state index is 11.7. The molecule has 0 spiro atoms. The Bertz CT molecular complexity index is 391. The Morgan fingerprint density at radius 1 is 1.50 bits per heavy atom. The van der Waals surface area contributed by atoms with Crippen LogP contribution in [0.2, 0.25) is 0 Å². The lowest BCUT2D eigenvalue weighted by molar-refractivity contribution is -0.121. The lowest BCUT2D eigenvalue weighted by Gasteiger charge is -2.33. The molecule has 1 aliphatic heterocycles. The number of likely N-dealkylation sites (tertiary alicyclic amines) is 1. The molecule has 112 valence electrons. The molecule has 0 aliphatic carbocycles. The fourth-order valence-electron chi connectivity index (χ4n) is 2.78. The lowest BCUT2D eigenvalue weighted by Crippen LogP contribution is -2.39. The zero-order valence-corrected chi connectivity index (χ0v) is 13.3. The van der Waals surface area contributed by atoms with Crippen molar-refractivity contribution < 1.29 is 4.79 Å². The van der Waals surface area contributed by atoms with Crippen molar-refractivity contribution in [3.63, 3.8) is 0 Å². The van der Waals surface area contributed by atoms with E-state index in [-0.39, 0.29) is 5.91 Å². The molecule has 1 unspecified atom stereocenters. The summed E-state index contributed by atoms with van der Waals surface area (Å²) in [5.74, 6) is 0.183. The fourth-order valence-corrected chi connectivity index (χ4v) is 3.48. The van der Waals surface area contributed by atoms with Crippen LogP contribution in [0.5, 0.6) is 0 Å². The van der Waals surface area contributed by atoms with Crippen LogP contribution in [-0.2, 0) is 11.2 Å². The van der Waals surface area contributed by atoms with Gasteiger partial charge in [0.1, 0.15) is 0 Å². The standard InChI is InChI=1S/C16H26N2OS/c1-14-5-2-3-10-18(14)11-4-9-17-16(19)7-6-15-8-12-20-13-15/h8,12-14H,2-7,9-11H2,1H3,(H,17,19). The van der Waals surface area contributed by atoms with Crippen LogP contribution in [0, 0.1) is 0 Å². The maximum atomic E-state index is 11.7. The molecule has 0 saturated carbocycles. The first-order valence-corrected chi connectivity index (χ1v) is 8.72. The van der Waals surface area contributed by atoms with Crippen molar-refractivity contribution in [3.8, 4) is 0 Å². The van der Waals surface area contributed by atoms with E-state index >= 15 is 0 Å². The highest BCUT2D eigenvalue weighted by atomic mass is 32.1. The van der Waals surface area contributed by atoms with E-state index in [1.54, 1.807) is 11.3 Å². The zero-order valence-electron chi connectivity index (χ0n) is 12.4. The van der Waals surface area contributed by atoms with Crippen LogP contribution >= 0.6 is 11.3 Å². The Morgan fingerprint density at radius 3 is 3.15 bits per heavy atom. The van der Waals surface area contributed by atoms with E-state index in [9.17, 15) is 4.79 Å². The average Bonchev–Trinajstić information content (AvgIpc) is 2.96. The predicted molar refractivity (Wildman–Crippen MR) is 85.2 cm³/mol. The number of aryl methyl sites for hydroxylation is 1. The van der Waals surface area contributed by atoms with Gasteiger partial charge in [-0.2, -0.15) is 11.3 Å². The molecular formula is C16H26N2OS. The third-order valence-electron chi connectivity index (χ3n) is 4.11. The van der Waals surface area contributed by atoms with Gasteiger partial charge in [0, 0.05) is 25.6 Å². The number of carbonyl (C=O) groups is 1. The van der Waals surface area contributed by atoms with Crippen molar-refractivity contribution in [3.05, 3.63) is 22.4 Å². The van der Waals surface area contributed by atoms with Gasteiger partial charge in [0.05, 0.1) is 0 Å². The molecule has 2 heterocycles. The van der Waals surface area contributed by atoms with Crippen LogP contribution in [0.4, 0.5) is 0 Å². The molecular weight excluding hydrogens is 268 g/mol. The minimum absolute atomic E-state index is 0.183. The van der Waals surface area contributed by atoms with Gasteiger partial charge in [-0.05, 0) is 61.5 Å². The molecule has 20 heavy (non-hydrogen) atoms. The van der Waals surface area contributed by atoms with Gasteiger partial charge in [-0.15, -0.1) is 0 Å². The van der Waals surface area contributed by atoms with Gasteiger partial charge in [-0.1, -0.05) is 6.42 Å². The molecule has 1 aromatic rings. The Kier molecular flexibility index (Phi) is 6.54. The lowest BCUT2D eigenvalue weighted by atomic mass is 10.0. The summed E-state index contributed by atoms with van der Waals surface area (Å²) in [5, 5.41) is 7.22. The van der Waals surface area contributed by atoms with Gasteiger partial charge in [0.2, 0.25) is 5.91 Å².